The number of sulfonamides is 1. The van der Waals surface area contributed by atoms with E-state index in [1.807, 2.05) is 38.1 Å². The molecule has 1 heterocycles. The third-order valence-corrected chi connectivity index (χ3v) is 7.65. The van der Waals surface area contributed by atoms with Gasteiger partial charge in [0.2, 0.25) is 15.8 Å². The number of hydrogen-bond donors (Lipinski definition) is 0. The van der Waals surface area contributed by atoms with E-state index in [1.165, 1.54) is 38.4 Å². The molecule has 0 fully saturated rings. The Hall–Kier alpha value is -3.43. The molecule has 0 amide bonds. The molecule has 3 aromatic rings. The third kappa shape index (κ3) is 5.98. The van der Waals surface area contributed by atoms with Gasteiger partial charge in [-0.05, 0) is 62.2 Å². The number of carbonyl (C=O) groups excluding carboxylic acids is 2. The highest BCUT2D eigenvalue weighted by molar-refractivity contribution is 7.89. The summed E-state index contributed by atoms with van der Waals surface area (Å²) in [5.74, 6) is -0.280. The number of hydrogen-bond acceptors (Lipinski definition) is 6. The number of ether oxygens (including phenoxy) is 2. The van der Waals surface area contributed by atoms with E-state index in [4.69, 9.17) is 9.47 Å². The first-order valence-corrected chi connectivity index (χ1v) is 12.5. The van der Waals surface area contributed by atoms with Crippen LogP contribution in [0.4, 0.5) is 0 Å². The number of nitrogens with zero attached hydrogens (tertiary/aromatic N) is 2. The van der Waals surface area contributed by atoms with Crippen LogP contribution < -0.4 is 4.74 Å². The van der Waals surface area contributed by atoms with Gasteiger partial charge in [-0.3, -0.25) is 4.79 Å². The molecule has 0 N–H and O–H groups in total. The van der Waals surface area contributed by atoms with Crippen molar-refractivity contribution in [1.82, 2.24) is 8.87 Å². The Morgan fingerprint density at radius 3 is 2.31 bits per heavy atom. The van der Waals surface area contributed by atoms with Crippen LogP contribution in [-0.4, -0.2) is 56.9 Å². The molecule has 0 radical (unpaired) electrons. The van der Waals surface area contributed by atoms with Gasteiger partial charge < -0.3 is 14.0 Å². The Morgan fingerprint density at radius 2 is 1.69 bits per heavy atom. The lowest BCUT2D eigenvalue weighted by Crippen LogP contribution is -2.22. The summed E-state index contributed by atoms with van der Waals surface area (Å²) in [6, 6.07) is 15.2. The van der Waals surface area contributed by atoms with Gasteiger partial charge in [-0.15, -0.1) is 0 Å². The number of aromatic nitrogens is 1. The van der Waals surface area contributed by atoms with Gasteiger partial charge in [-0.1, -0.05) is 18.2 Å². The summed E-state index contributed by atoms with van der Waals surface area (Å²) in [6.07, 6.45) is 0.787. The molecule has 0 atom stereocenters. The van der Waals surface area contributed by atoms with Crippen molar-refractivity contribution in [1.29, 1.82) is 0 Å². The van der Waals surface area contributed by atoms with E-state index in [0.717, 1.165) is 33.4 Å². The fourth-order valence-corrected chi connectivity index (χ4v) is 4.70. The zero-order chi connectivity index (χ0) is 25.8. The van der Waals surface area contributed by atoms with Crippen molar-refractivity contribution in [2.45, 2.75) is 31.7 Å². The van der Waals surface area contributed by atoms with Crippen LogP contribution in [0.25, 0.3) is 0 Å². The summed E-state index contributed by atoms with van der Waals surface area (Å²) < 4.78 is 38.2. The number of methoxy groups -OCH3 is 1. The van der Waals surface area contributed by atoms with Gasteiger partial charge in [0.1, 0.15) is 5.75 Å². The molecule has 0 unspecified atom stereocenters. The first kappa shape index (κ1) is 26.2. The minimum absolute atomic E-state index is 0.0244. The molecule has 8 nitrogen and oxygen atoms in total. The number of ketones is 1. The maximum absolute atomic E-state index is 12.8. The normalized spacial score (nSPS) is 11.5. The standard InChI is InChI=1S/C26H30N2O6S/c1-18-15-24(19(2)28(18)14-13-20-9-11-22(33-5)12-10-20)25(29)17-34-26(30)21-7-6-8-23(16-21)35(31,32)27(3)4/h6-12,15-16H,13-14,17H2,1-5H3. The monoisotopic (exact) mass is 498 g/mol. The molecule has 0 aliphatic carbocycles. The van der Waals surface area contributed by atoms with Crippen molar-refractivity contribution in [2.24, 2.45) is 0 Å². The van der Waals surface area contributed by atoms with Crippen LogP contribution in [0.5, 0.6) is 5.75 Å². The van der Waals surface area contributed by atoms with Crippen molar-refractivity contribution in [3.05, 3.63) is 82.7 Å². The lowest BCUT2D eigenvalue weighted by Gasteiger charge is -2.12. The Bertz CT molecular complexity index is 1320. The predicted molar refractivity (Wildman–Crippen MR) is 133 cm³/mol. The molecule has 1 aromatic heterocycles. The van der Waals surface area contributed by atoms with E-state index < -0.39 is 22.6 Å². The molecule has 35 heavy (non-hydrogen) atoms. The van der Waals surface area contributed by atoms with Gasteiger partial charge in [0.25, 0.3) is 0 Å². The third-order valence-electron chi connectivity index (χ3n) is 5.84. The van der Waals surface area contributed by atoms with Gasteiger partial charge in [0.15, 0.2) is 6.61 Å². The topological polar surface area (TPSA) is 94.9 Å². The largest absolute Gasteiger partial charge is 0.497 e. The first-order chi connectivity index (χ1) is 16.5. The Morgan fingerprint density at radius 1 is 1.00 bits per heavy atom. The van der Waals surface area contributed by atoms with Crippen LogP contribution in [0.15, 0.2) is 59.5 Å². The highest BCUT2D eigenvalue weighted by atomic mass is 32.2. The van der Waals surface area contributed by atoms with Gasteiger partial charge in [0, 0.05) is 37.6 Å². The second-order valence-electron chi connectivity index (χ2n) is 8.35. The van der Waals surface area contributed by atoms with Crippen molar-refractivity contribution >= 4 is 21.8 Å². The molecule has 0 bridgehead atoms. The van der Waals surface area contributed by atoms with Crippen LogP contribution in [-0.2, 0) is 27.7 Å². The summed E-state index contributed by atoms with van der Waals surface area (Å²) >= 11 is 0. The summed E-state index contributed by atoms with van der Waals surface area (Å²) in [4.78, 5) is 25.3. The second kappa shape index (κ2) is 10.9. The number of benzene rings is 2. The van der Waals surface area contributed by atoms with E-state index in [9.17, 15) is 18.0 Å². The van der Waals surface area contributed by atoms with Gasteiger partial charge in [-0.2, -0.15) is 0 Å². The number of esters is 1. The van der Waals surface area contributed by atoms with Crippen LogP contribution in [0.1, 0.15) is 37.7 Å². The molecule has 186 valence electrons. The molecule has 0 saturated heterocycles. The maximum Gasteiger partial charge on any atom is 0.338 e. The average Bonchev–Trinajstić information content (AvgIpc) is 3.14. The zero-order valence-electron chi connectivity index (χ0n) is 20.6. The maximum atomic E-state index is 12.8. The molecule has 0 saturated carbocycles. The quantitative estimate of drug-likeness (QED) is 0.313. The molecular formula is C26H30N2O6S. The Kier molecular flexibility index (Phi) is 8.14. The van der Waals surface area contributed by atoms with Gasteiger partial charge in [0.05, 0.1) is 17.6 Å². The molecule has 0 aliphatic rings. The van der Waals surface area contributed by atoms with Crippen molar-refractivity contribution in [2.75, 3.05) is 27.8 Å². The number of carbonyl (C=O) groups is 2. The van der Waals surface area contributed by atoms with Crippen LogP contribution in [0.2, 0.25) is 0 Å². The lowest BCUT2D eigenvalue weighted by molar-refractivity contribution is 0.0474. The molecular weight excluding hydrogens is 468 g/mol. The fraction of sp³-hybridized carbons (Fsp3) is 0.308. The van der Waals surface area contributed by atoms with E-state index in [-0.39, 0.29) is 16.2 Å². The predicted octanol–water partition coefficient (Wildman–Crippen LogP) is 3.65. The average molecular weight is 499 g/mol. The number of aryl methyl sites for hydroxylation is 2. The molecule has 9 heteroatoms. The SMILES string of the molecule is COc1ccc(CCn2c(C)cc(C(=O)COC(=O)c3cccc(S(=O)(=O)N(C)C)c3)c2C)cc1. The minimum atomic E-state index is -3.69. The molecule has 2 aromatic carbocycles. The summed E-state index contributed by atoms with van der Waals surface area (Å²) in [5, 5.41) is 0. The van der Waals surface area contributed by atoms with E-state index >= 15 is 0 Å². The van der Waals surface area contributed by atoms with E-state index in [2.05, 4.69) is 4.57 Å². The smallest absolute Gasteiger partial charge is 0.338 e. The summed E-state index contributed by atoms with van der Waals surface area (Å²) in [7, 11) is 0.753. The Balaban J connectivity index is 1.66. The van der Waals surface area contributed by atoms with Crippen LogP contribution in [0, 0.1) is 13.8 Å². The van der Waals surface area contributed by atoms with Crippen molar-refractivity contribution < 1.29 is 27.5 Å². The minimum Gasteiger partial charge on any atom is -0.497 e. The fourth-order valence-electron chi connectivity index (χ4n) is 3.75. The molecule has 0 aliphatic heterocycles. The van der Waals surface area contributed by atoms with E-state index in [0.29, 0.717) is 12.1 Å². The van der Waals surface area contributed by atoms with Crippen molar-refractivity contribution in [3.8, 4) is 5.75 Å². The first-order valence-electron chi connectivity index (χ1n) is 11.1. The highest BCUT2D eigenvalue weighted by Gasteiger charge is 2.21. The Labute approximate surface area is 206 Å². The number of Topliss-reactive ketones (excluding diaryl/α,β-unsaturated/α-hetero) is 1. The van der Waals surface area contributed by atoms with Gasteiger partial charge >= 0.3 is 5.97 Å². The van der Waals surface area contributed by atoms with Crippen LogP contribution in [0.3, 0.4) is 0 Å². The summed E-state index contributed by atoms with van der Waals surface area (Å²) in [6.45, 7) is 4.06. The highest BCUT2D eigenvalue weighted by Crippen LogP contribution is 2.19. The van der Waals surface area contributed by atoms with Gasteiger partial charge in [-0.25, -0.2) is 17.5 Å². The van der Waals surface area contributed by atoms with Crippen LogP contribution >= 0.6 is 0 Å². The lowest BCUT2D eigenvalue weighted by atomic mass is 10.1. The summed E-state index contributed by atoms with van der Waals surface area (Å²) in [5.41, 5.74) is 3.45. The van der Waals surface area contributed by atoms with E-state index in [1.54, 1.807) is 13.2 Å². The molecule has 0 spiro atoms. The number of rotatable bonds is 10. The molecule has 3 rings (SSSR count). The zero-order valence-corrected chi connectivity index (χ0v) is 21.4. The van der Waals surface area contributed by atoms with Crippen molar-refractivity contribution in [3.63, 3.8) is 0 Å². The second-order valence-corrected chi connectivity index (χ2v) is 10.5.